The maximum atomic E-state index is 5.46. The normalized spacial score (nSPS) is 19.4. The minimum absolute atomic E-state index is 0.615. The van der Waals surface area contributed by atoms with E-state index in [4.69, 9.17) is 12.2 Å². The van der Waals surface area contributed by atoms with Crippen molar-refractivity contribution in [3.63, 3.8) is 0 Å². The van der Waals surface area contributed by atoms with Gasteiger partial charge in [-0.05, 0) is 43.8 Å². The number of imidazole rings is 1. The molecule has 1 aromatic rings. The van der Waals surface area contributed by atoms with Gasteiger partial charge in [-0.15, -0.1) is 0 Å². The van der Waals surface area contributed by atoms with Gasteiger partial charge in [0.05, 0.1) is 0 Å². The highest BCUT2D eigenvalue weighted by molar-refractivity contribution is 7.71. The third kappa shape index (κ3) is 2.65. The number of nitrogens with one attached hydrogen (secondary N) is 1. The molecule has 0 saturated heterocycles. The fourth-order valence-electron chi connectivity index (χ4n) is 3.30. The van der Waals surface area contributed by atoms with Crippen LogP contribution in [0.2, 0.25) is 0 Å². The Morgan fingerprint density at radius 2 is 2.06 bits per heavy atom. The van der Waals surface area contributed by atoms with E-state index in [0.717, 1.165) is 17.1 Å². The monoisotopic (exact) mass is 252 g/mol. The molecule has 96 valence electrons. The van der Waals surface area contributed by atoms with Crippen LogP contribution in [0.1, 0.15) is 64.1 Å². The molecule has 0 aromatic carbocycles. The van der Waals surface area contributed by atoms with Gasteiger partial charge in [-0.1, -0.05) is 33.1 Å². The Balaban J connectivity index is 2.27. The summed E-state index contributed by atoms with van der Waals surface area (Å²) in [6, 6.07) is 0.615. The molecule has 2 rings (SSSR count). The van der Waals surface area contributed by atoms with E-state index in [1.165, 1.54) is 44.2 Å². The van der Waals surface area contributed by atoms with E-state index in [1.807, 2.05) is 0 Å². The summed E-state index contributed by atoms with van der Waals surface area (Å²) in [6.07, 6.45) is 11.4. The van der Waals surface area contributed by atoms with Crippen molar-refractivity contribution < 1.29 is 0 Å². The van der Waals surface area contributed by atoms with Gasteiger partial charge < -0.3 is 9.55 Å². The second-order valence-electron chi connectivity index (χ2n) is 5.18. The van der Waals surface area contributed by atoms with Crippen molar-refractivity contribution in [1.82, 2.24) is 9.55 Å². The van der Waals surface area contributed by atoms with Crippen LogP contribution in [0.4, 0.5) is 0 Å². The van der Waals surface area contributed by atoms with E-state index in [2.05, 4.69) is 29.6 Å². The van der Waals surface area contributed by atoms with Gasteiger partial charge in [0.25, 0.3) is 0 Å². The van der Waals surface area contributed by atoms with Crippen molar-refractivity contribution in [2.75, 3.05) is 0 Å². The number of hydrogen-bond acceptors (Lipinski definition) is 1. The second-order valence-corrected chi connectivity index (χ2v) is 5.57. The average molecular weight is 252 g/mol. The van der Waals surface area contributed by atoms with Gasteiger partial charge in [0.15, 0.2) is 4.77 Å². The van der Waals surface area contributed by atoms with Gasteiger partial charge >= 0.3 is 0 Å². The van der Waals surface area contributed by atoms with Crippen LogP contribution >= 0.6 is 12.2 Å². The Morgan fingerprint density at radius 1 is 1.35 bits per heavy atom. The summed E-state index contributed by atoms with van der Waals surface area (Å²) in [5, 5.41) is 0. The Bertz CT molecular complexity index is 399. The van der Waals surface area contributed by atoms with E-state index in [0.29, 0.717) is 6.04 Å². The molecule has 2 nitrogen and oxygen atoms in total. The third-order valence-electron chi connectivity index (χ3n) is 4.20. The first-order valence-electron chi connectivity index (χ1n) is 7.06. The molecule has 1 saturated carbocycles. The summed E-state index contributed by atoms with van der Waals surface area (Å²) in [7, 11) is 0. The predicted octanol–water partition coefficient (Wildman–Crippen LogP) is 4.64. The molecule has 1 N–H and O–H groups in total. The van der Waals surface area contributed by atoms with Crippen LogP contribution < -0.4 is 0 Å². The SMILES string of the molecule is CCc1c[nH]c(=S)n1C(CC)C1CCCCC1. The molecule has 1 aliphatic carbocycles. The van der Waals surface area contributed by atoms with Gasteiger partial charge in [0, 0.05) is 17.9 Å². The van der Waals surface area contributed by atoms with Crippen molar-refractivity contribution in [2.45, 2.75) is 64.8 Å². The van der Waals surface area contributed by atoms with Crippen molar-refractivity contribution in [3.05, 3.63) is 16.7 Å². The predicted molar refractivity (Wildman–Crippen MR) is 74.9 cm³/mol. The van der Waals surface area contributed by atoms with Gasteiger partial charge in [0.1, 0.15) is 0 Å². The fraction of sp³-hybridized carbons (Fsp3) is 0.786. The summed E-state index contributed by atoms with van der Waals surface area (Å²) in [6.45, 7) is 4.51. The summed E-state index contributed by atoms with van der Waals surface area (Å²) < 4.78 is 3.31. The standard InChI is InChI=1S/C14H24N2S/c1-3-12-10-15-14(17)16(12)13(4-2)11-8-6-5-7-9-11/h10-11,13H,3-9H2,1-2H3,(H,15,17). The number of aromatic nitrogens is 2. The zero-order valence-corrected chi connectivity index (χ0v) is 11.9. The van der Waals surface area contributed by atoms with Crippen LogP contribution in [-0.4, -0.2) is 9.55 Å². The first-order chi connectivity index (χ1) is 8.27. The Hall–Kier alpha value is -0.570. The molecule has 1 fully saturated rings. The fourth-order valence-corrected chi connectivity index (χ4v) is 3.61. The molecular weight excluding hydrogens is 228 g/mol. The highest BCUT2D eigenvalue weighted by atomic mass is 32.1. The first kappa shape index (κ1) is 12.9. The van der Waals surface area contributed by atoms with Crippen molar-refractivity contribution in [1.29, 1.82) is 0 Å². The average Bonchev–Trinajstić information content (AvgIpc) is 2.74. The zero-order valence-electron chi connectivity index (χ0n) is 11.0. The van der Waals surface area contributed by atoms with Crippen LogP contribution in [-0.2, 0) is 6.42 Å². The molecule has 0 aliphatic heterocycles. The molecule has 1 atom stereocenters. The Kier molecular flexibility index (Phi) is 4.43. The number of H-pyrrole nitrogens is 1. The molecule has 1 heterocycles. The van der Waals surface area contributed by atoms with Crippen molar-refractivity contribution >= 4 is 12.2 Å². The summed E-state index contributed by atoms with van der Waals surface area (Å²) in [4.78, 5) is 3.22. The van der Waals surface area contributed by atoms with Crippen molar-refractivity contribution in [2.24, 2.45) is 5.92 Å². The smallest absolute Gasteiger partial charge is 0.177 e. The minimum Gasteiger partial charge on any atom is -0.337 e. The summed E-state index contributed by atoms with van der Waals surface area (Å²) >= 11 is 5.46. The maximum Gasteiger partial charge on any atom is 0.177 e. The molecule has 0 amide bonds. The van der Waals surface area contributed by atoms with Gasteiger partial charge in [-0.3, -0.25) is 0 Å². The molecule has 1 unspecified atom stereocenters. The van der Waals surface area contributed by atoms with E-state index >= 15 is 0 Å². The minimum atomic E-state index is 0.615. The van der Waals surface area contributed by atoms with Crippen LogP contribution in [0.15, 0.2) is 6.20 Å². The van der Waals surface area contributed by atoms with Crippen LogP contribution in [0.5, 0.6) is 0 Å². The number of rotatable bonds is 4. The zero-order chi connectivity index (χ0) is 12.3. The van der Waals surface area contributed by atoms with Crippen LogP contribution in [0, 0.1) is 10.7 Å². The lowest BCUT2D eigenvalue weighted by Gasteiger charge is -2.31. The molecule has 3 heteroatoms. The van der Waals surface area contributed by atoms with Gasteiger partial charge in [-0.25, -0.2) is 0 Å². The topological polar surface area (TPSA) is 20.7 Å². The van der Waals surface area contributed by atoms with Crippen LogP contribution in [0.3, 0.4) is 0 Å². The summed E-state index contributed by atoms with van der Waals surface area (Å²) in [5.41, 5.74) is 1.37. The van der Waals surface area contributed by atoms with Gasteiger partial charge in [-0.2, -0.15) is 0 Å². The molecule has 0 spiro atoms. The Morgan fingerprint density at radius 3 is 2.65 bits per heavy atom. The lowest BCUT2D eigenvalue weighted by molar-refractivity contribution is 0.238. The number of aryl methyl sites for hydroxylation is 1. The molecule has 17 heavy (non-hydrogen) atoms. The lowest BCUT2D eigenvalue weighted by Crippen LogP contribution is -2.22. The quantitative estimate of drug-likeness (QED) is 0.774. The van der Waals surface area contributed by atoms with E-state index < -0.39 is 0 Å². The third-order valence-corrected chi connectivity index (χ3v) is 4.51. The lowest BCUT2D eigenvalue weighted by atomic mass is 9.82. The van der Waals surface area contributed by atoms with E-state index in [1.54, 1.807) is 0 Å². The number of aromatic amines is 1. The maximum absolute atomic E-state index is 5.46. The number of hydrogen-bond donors (Lipinski definition) is 1. The Labute approximate surface area is 109 Å². The largest absolute Gasteiger partial charge is 0.337 e. The van der Waals surface area contributed by atoms with Gasteiger partial charge in [0.2, 0.25) is 0 Å². The molecule has 0 bridgehead atoms. The molecular formula is C14H24N2S. The first-order valence-corrected chi connectivity index (χ1v) is 7.47. The molecule has 1 aliphatic rings. The summed E-state index contributed by atoms with van der Waals surface area (Å²) in [5.74, 6) is 0.835. The second kappa shape index (κ2) is 5.85. The highest BCUT2D eigenvalue weighted by Gasteiger charge is 2.25. The van der Waals surface area contributed by atoms with Crippen molar-refractivity contribution in [3.8, 4) is 0 Å². The van der Waals surface area contributed by atoms with E-state index in [9.17, 15) is 0 Å². The number of nitrogens with zero attached hydrogens (tertiary/aromatic N) is 1. The molecule has 0 radical (unpaired) electrons. The van der Waals surface area contributed by atoms with Crippen LogP contribution in [0.25, 0.3) is 0 Å². The molecule has 1 aromatic heterocycles. The van der Waals surface area contributed by atoms with E-state index in [-0.39, 0.29) is 0 Å². The highest BCUT2D eigenvalue weighted by Crippen LogP contribution is 2.35.